The van der Waals surface area contributed by atoms with E-state index < -0.39 is 17.6 Å². The van der Waals surface area contributed by atoms with E-state index in [0.717, 1.165) is 6.07 Å². The molecule has 0 bridgehead atoms. The number of nitrogens with one attached hydrogen (secondary N) is 1. The minimum absolute atomic E-state index is 0.0556. The van der Waals surface area contributed by atoms with Crippen molar-refractivity contribution >= 4 is 33.5 Å². The van der Waals surface area contributed by atoms with E-state index in [9.17, 15) is 19.8 Å². The van der Waals surface area contributed by atoms with Crippen LogP contribution in [-0.2, 0) is 0 Å². The summed E-state index contributed by atoms with van der Waals surface area (Å²) in [7, 11) is 0. The first-order valence-electron chi connectivity index (χ1n) is 5.74. The molecule has 21 heavy (non-hydrogen) atoms. The van der Waals surface area contributed by atoms with Crippen molar-refractivity contribution in [2.45, 2.75) is 0 Å². The van der Waals surface area contributed by atoms with Gasteiger partial charge in [0, 0.05) is 16.2 Å². The van der Waals surface area contributed by atoms with Gasteiger partial charge < -0.3 is 20.6 Å². The SMILES string of the molecule is O=C(O)c1ccc(NC(=O)c2ccc(Br)cc2O)cc1O. The maximum absolute atomic E-state index is 12.0. The third-order valence-corrected chi connectivity index (χ3v) is 3.18. The lowest BCUT2D eigenvalue weighted by atomic mass is 10.1. The van der Waals surface area contributed by atoms with Gasteiger partial charge in [-0.05, 0) is 30.3 Å². The summed E-state index contributed by atoms with van der Waals surface area (Å²) in [6, 6.07) is 8.04. The Hall–Kier alpha value is -2.54. The lowest BCUT2D eigenvalue weighted by molar-refractivity contribution is 0.0693. The summed E-state index contributed by atoms with van der Waals surface area (Å²) in [6.07, 6.45) is 0. The molecule has 0 spiro atoms. The molecule has 0 unspecified atom stereocenters. The normalized spacial score (nSPS) is 10.1. The molecule has 0 heterocycles. The maximum atomic E-state index is 12.0. The standard InChI is InChI=1S/C14H10BrNO5/c15-7-1-3-9(11(17)5-7)13(19)16-8-2-4-10(14(20)21)12(18)6-8/h1-6,17-18H,(H,16,19)(H,20,21). The molecule has 0 radical (unpaired) electrons. The number of anilines is 1. The summed E-state index contributed by atoms with van der Waals surface area (Å²) in [5, 5.41) is 30.5. The molecule has 0 atom stereocenters. The van der Waals surface area contributed by atoms with Crippen LogP contribution in [0.4, 0.5) is 5.69 Å². The first-order chi connectivity index (χ1) is 9.88. The number of benzene rings is 2. The summed E-state index contributed by atoms with van der Waals surface area (Å²) in [4.78, 5) is 22.8. The zero-order chi connectivity index (χ0) is 15.6. The first kappa shape index (κ1) is 14.9. The zero-order valence-electron chi connectivity index (χ0n) is 10.5. The number of carbonyl (C=O) groups is 2. The van der Waals surface area contributed by atoms with Crippen LogP contribution in [0.3, 0.4) is 0 Å². The first-order valence-corrected chi connectivity index (χ1v) is 6.54. The van der Waals surface area contributed by atoms with Crippen LogP contribution in [0.5, 0.6) is 11.5 Å². The largest absolute Gasteiger partial charge is 0.507 e. The van der Waals surface area contributed by atoms with Crippen LogP contribution in [0.2, 0.25) is 0 Å². The van der Waals surface area contributed by atoms with Crippen LogP contribution in [-0.4, -0.2) is 27.2 Å². The van der Waals surface area contributed by atoms with Gasteiger partial charge in [-0.2, -0.15) is 0 Å². The fraction of sp³-hybridized carbons (Fsp3) is 0. The number of amides is 1. The van der Waals surface area contributed by atoms with E-state index in [1.54, 1.807) is 6.07 Å². The highest BCUT2D eigenvalue weighted by Crippen LogP contribution is 2.25. The number of carbonyl (C=O) groups excluding carboxylic acids is 1. The Morgan fingerprint density at radius 1 is 0.952 bits per heavy atom. The van der Waals surface area contributed by atoms with Crippen LogP contribution in [0, 0.1) is 0 Å². The molecular formula is C14H10BrNO5. The second kappa shape index (κ2) is 5.84. The molecule has 108 valence electrons. The van der Waals surface area contributed by atoms with E-state index in [2.05, 4.69) is 21.2 Å². The molecule has 6 nitrogen and oxygen atoms in total. The lowest BCUT2D eigenvalue weighted by Crippen LogP contribution is -2.12. The third-order valence-electron chi connectivity index (χ3n) is 2.69. The van der Waals surface area contributed by atoms with Crippen molar-refractivity contribution in [1.82, 2.24) is 0 Å². The van der Waals surface area contributed by atoms with E-state index in [1.165, 1.54) is 24.3 Å². The van der Waals surface area contributed by atoms with Gasteiger partial charge in [-0.3, -0.25) is 4.79 Å². The van der Waals surface area contributed by atoms with Gasteiger partial charge in [0.2, 0.25) is 0 Å². The van der Waals surface area contributed by atoms with Crippen molar-refractivity contribution in [3.05, 3.63) is 52.0 Å². The fourth-order valence-corrected chi connectivity index (χ4v) is 2.03. The van der Waals surface area contributed by atoms with Gasteiger partial charge >= 0.3 is 5.97 Å². The van der Waals surface area contributed by atoms with Crippen molar-refractivity contribution in [3.63, 3.8) is 0 Å². The highest BCUT2D eigenvalue weighted by Gasteiger charge is 2.14. The van der Waals surface area contributed by atoms with Gasteiger partial charge in [0.25, 0.3) is 5.91 Å². The molecule has 2 rings (SSSR count). The highest BCUT2D eigenvalue weighted by molar-refractivity contribution is 9.10. The number of aromatic hydroxyl groups is 2. The molecule has 0 aliphatic rings. The van der Waals surface area contributed by atoms with Gasteiger partial charge in [0.1, 0.15) is 17.1 Å². The second-order valence-electron chi connectivity index (χ2n) is 4.15. The van der Waals surface area contributed by atoms with Crippen LogP contribution < -0.4 is 5.32 Å². The molecule has 2 aromatic rings. The minimum atomic E-state index is -1.27. The molecule has 0 aliphatic heterocycles. The summed E-state index contributed by atoms with van der Waals surface area (Å²) >= 11 is 3.16. The average Bonchev–Trinajstić information content (AvgIpc) is 2.37. The van der Waals surface area contributed by atoms with Crippen molar-refractivity contribution in [2.75, 3.05) is 5.32 Å². The van der Waals surface area contributed by atoms with Crippen LogP contribution >= 0.6 is 15.9 Å². The number of carboxylic acids is 1. The Balaban J connectivity index is 2.23. The van der Waals surface area contributed by atoms with Crippen LogP contribution in [0.1, 0.15) is 20.7 Å². The Morgan fingerprint density at radius 2 is 1.57 bits per heavy atom. The maximum Gasteiger partial charge on any atom is 0.339 e. The molecule has 0 aromatic heterocycles. The predicted octanol–water partition coefficient (Wildman–Crippen LogP) is 2.81. The van der Waals surface area contributed by atoms with Crippen molar-refractivity contribution < 1.29 is 24.9 Å². The average molecular weight is 352 g/mol. The van der Waals surface area contributed by atoms with Crippen molar-refractivity contribution in [3.8, 4) is 11.5 Å². The molecule has 0 fully saturated rings. The molecular weight excluding hydrogens is 342 g/mol. The Bertz CT molecular complexity index is 729. The van der Waals surface area contributed by atoms with Crippen LogP contribution in [0.15, 0.2) is 40.9 Å². The van der Waals surface area contributed by atoms with E-state index in [0.29, 0.717) is 4.47 Å². The minimum Gasteiger partial charge on any atom is -0.507 e. The number of hydrogen-bond acceptors (Lipinski definition) is 4. The van der Waals surface area contributed by atoms with E-state index in [-0.39, 0.29) is 22.6 Å². The molecule has 0 aliphatic carbocycles. The van der Waals surface area contributed by atoms with E-state index >= 15 is 0 Å². The number of carboxylic acid groups (broad SMARTS) is 1. The highest BCUT2D eigenvalue weighted by atomic mass is 79.9. The monoisotopic (exact) mass is 351 g/mol. The van der Waals surface area contributed by atoms with Gasteiger partial charge in [0.15, 0.2) is 0 Å². The zero-order valence-corrected chi connectivity index (χ0v) is 12.1. The third kappa shape index (κ3) is 3.32. The predicted molar refractivity (Wildman–Crippen MR) is 78.8 cm³/mol. The summed E-state index contributed by atoms with van der Waals surface area (Å²) < 4.78 is 0.625. The van der Waals surface area contributed by atoms with Crippen molar-refractivity contribution in [2.24, 2.45) is 0 Å². The number of rotatable bonds is 3. The smallest absolute Gasteiger partial charge is 0.339 e. The Labute approximate surface area is 127 Å². The number of hydrogen-bond donors (Lipinski definition) is 4. The Kier molecular flexibility index (Phi) is 4.13. The molecule has 4 N–H and O–H groups in total. The molecule has 2 aromatic carbocycles. The molecule has 0 saturated carbocycles. The Morgan fingerprint density at radius 3 is 2.14 bits per heavy atom. The van der Waals surface area contributed by atoms with Crippen LogP contribution in [0.25, 0.3) is 0 Å². The topological polar surface area (TPSA) is 107 Å². The lowest BCUT2D eigenvalue weighted by Gasteiger charge is -2.08. The van der Waals surface area contributed by atoms with Gasteiger partial charge in [-0.1, -0.05) is 15.9 Å². The number of halogens is 1. The molecule has 1 amide bonds. The summed E-state index contributed by atoms with van der Waals surface area (Å²) in [5.74, 6) is -2.51. The van der Waals surface area contributed by atoms with E-state index in [1.807, 2.05) is 0 Å². The number of phenolic OH excluding ortho intramolecular Hbond substituents is 1. The second-order valence-corrected chi connectivity index (χ2v) is 5.07. The quantitative estimate of drug-likeness (QED) is 0.680. The number of aromatic carboxylic acids is 1. The summed E-state index contributed by atoms with van der Waals surface area (Å²) in [5.41, 5.74) is 0.00399. The van der Waals surface area contributed by atoms with Gasteiger partial charge in [0.05, 0.1) is 5.56 Å². The van der Waals surface area contributed by atoms with Gasteiger partial charge in [-0.15, -0.1) is 0 Å². The van der Waals surface area contributed by atoms with E-state index in [4.69, 9.17) is 5.11 Å². The molecule has 7 heteroatoms. The molecule has 0 saturated heterocycles. The number of phenols is 2. The van der Waals surface area contributed by atoms with Gasteiger partial charge in [-0.25, -0.2) is 4.79 Å². The van der Waals surface area contributed by atoms with Crippen molar-refractivity contribution in [1.29, 1.82) is 0 Å². The fourth-order valence-electron chi connectivity index (χ4n) is 1.69. The summed E-state index contributed by atoms with van der Waals surface area (Å²) in [6.45, 7) is 0.